The predicted octanol–water partition coefficient (Wildman–Crippen LogP) is 2.89. The first-order valence-corrected chi connectivity index (χ1v) is 10.0. The molecule has 0 bridgehead atoms. The molecular weight excluding hydrogens is 400 g/mol. The quantitative estimate of drug-likeness (QED) is 0.470. The molecule has 1 unspecified atom stereocenters. The molecule has 0 heterocycles. The molecule has 1 aliphatic carbocycles. The van der Waals surface area contributed by atoms with Crippen LogP contribution in [0.3, 0.4) is 0 Å². The molecule has 1 saturated carbocycles. The third kappa shape index (κ3) is 6.02. The number of ketones is 1. The highest BCUT2D eigenvalue weighted by Crippen LogP contribution is 2.38. The van der Waals surface area contributed by atoms with Crippen molar-refractivity contribution in [3.63, 3.8) is 0 Å². The number of hydrogen-bond acceptors (Lipinski definition) is 6. The maximum Gasteiger partial charge on any atom is 0.338 e. The molecule has 0 spiro atoms. The highest BCUT2D eigenvalue weighted by molar-refractivity contribution is 5.91. The van der Waals surface area contributed by atoms with Crippen LogP contribution in [-0.4, -0.2) is 46.7 Å². The number of carboxylic acid groups (broad SMARTS) is 1. The summed E-state index contributed by atoms with van der Waals surface area (Å²) in [5.74, 6) is -2.94. The molecule has 7 nitrogen and oxygen atoms in total. The number of aliphatic hydroxyl groups is 1. The first-order chi connectivity index (χ1) is 15.0. The van der Waals surface area contributed by atoms with Crippen LogP contribution >= 0.6 is 0 Å². The van der Waals surface area contributed by atoms with Crippen molar-refractivity contribution in [1.82, 2.24) is 0 Å². The van der Waals surface area contributed by atoms with Crippen LogP contribution in [-0.2, 0) is 14.3 Å². The van der Waals surface area contributed by atoms with Crippen molar-refractivity contribution in [3.05, 3.63) is 78.4 Å². The molecule has 2 N–H and O–H groups in total. The summed E-state index contributed by atoms with van der Waals surface area (Å²) in [6, 6.07) is 17.3. The minimum atomic E-state index is -1.62. The van der Waals surface area contributed by atoms with Crippen molar-refractivity contribution in [2.75, 3.05) is 6.61 Å². The number of para-hydroxylation sites is 1. The minimum absolute atomic E-state index is 0.187. The SMILES string of the molecule is O=C(C=C[C@@H]1[C@H](OC(=O)c2ccccc2)CC[C@H]1C(O)C(=O)O)COc1ccccc1. The molecule has 0 amide bonds. The number of rotatable bonds is 9. The van der Waals surface area contributed by atoms with Gasteiger partial charge in [-0.3, -0.25) is 4.79 Å². The summed E-state index contributed by atoms with van der Waals surface area (Å²) < 4.78 is 11.0. The Morgan fingerprint density at radius 3 is 2.29 bits per heavy atom. The predicted molar refractivity (Wildman–Crippen MR) is 112 cm³/mol. The average Bonchev–Trinajstić information content (AvgIpc) is 3.19. The van der Waals surface area contributed by atoms with Crippen LogP contribution in [0.25, 0.3) is 0 Å². The maximum absolute atomic E-state index is 12.4. The Kier molecular flexibility index (Phi) is 7.56. The van der Waals surface area contributed by atoms with Gasteiger partial charge in [0, 0.05) is 11.8 Å². The van der Waals surface area contributed by atoms with E-state index in [0.29, 0.717) is 24.2 Å². The lowest BCUT2D eigenvalue weighted by molar-refractivity contribution is -0.150. The number of esters is 1. The van der Waals surface area contributed by atoms with E-state index in [1.54, 1.807) is 54.6 Å². The van der Waals surface area contributed by atoms with E-state index in [4.69, 9.17) is 9.47 Å². The van der Waals surface area contributed by atoms with E-state index >= 15 is 0 Å². The topological polar surface area (TPSA) is 110 Å². The normalized spacial score (nSPS) is 21.5. The number of aliphatic carboxylic acids is 1. The first-order valence-electron chi connectivity index (χ1n) is 10.0. The Balaban J connectivity index is 1.68. The smallest absolute Gasteiger partial charge is 0.338 e. The summed E-state index contributed by atoms with van der Waals surface area (Å²) in [5.41, 5.74) is 0.375. The third-order valence-corrected chi connectivity index (χ3v) is 5.26. The summed E-state index contributed by atoms with van der Waals surface area (Å²) in [4.78, 5) is 36.0. The highest BCUT2D eigenvalue weighted by Gasteiger charge is 2.43. The van der Waals surface area contributed by atoms with E-state index in [9.17, 15) is 24.6 Å². The molecule has 0 aliphatic heterocycles. The van der Waals surface area contributed by atoms with Gasteiger partial charge in [0.1, 0.15) is 11.9 Å². The van der Waals surface area contributed by atoms with Crippen molar-refractivity contribution < 1.29 is 34.1 Å². The fourth-order valence-corrected chi connectivity index (χ4v) is 3.69. The van der Waals surface area contributed by atoms with E-state index < -0.39 is 36.0 Å². The van der Waals surface area contributed by atoms with Crippen molar-refractivity contribution in [2.45, 2.75) is 25.0 Å². The van der Waals surface area contributed by atoms with Crippen LogP contribution in [0.4, 0.5) is 0 Å². The summed E-state index contributed by atoms with van der Waals surface area (Å²) in [6.45, 7) is -0.187. The van der Waals surface area contributed by atoms with Gasteiger partial charge >= 0.3 is 11.9 Å². The van der Waals surface area contributed by atoms with Gasteiger partial charge in [-0.2, -0.15) is 0 Å². The molecule has 0 aromatic heterocycles. The Morgan fingerprint density at radius 2 is 1.65 bits per heavy atom. The molecule has 3 rings (SSSR count). The second-order valence-corrected chi connectivity index (χ2v) is 7.34. The van der Waals surface area contributed by atoms with Gasteiger partial charge < -0.3 is 19.7 Å². The standard InChI is InChI=1S/C24H24O7/c25-17(15-30-18-9-5-2-6-10-18)11-12-19-20(22(26)23(27)28)13-14-21(19)31-24(29)16-7-3-1-4-8-16/h1-12,19-22,26H,13-15H2,(H,27,28)/t19-,20+,21+,22?/m0/s1. The van der Waals surface area contributed by atoms with E-state index in [1.165, 1.54) is 12.2 Å². The molecule has 0 radical (unpaired) electrons. The number of carboxylic acids is 1. The van der Waals surface area contributed by atoms with Gasteiger partial charge in [0.25, 0.3) is 0 Å². The molecule has 162 valence electrons. The molecule has 4 atom stereocenters. The summed E-state index contributed by atoms with van der Waals surface area (Å²) >= 11 is 0. The Labute approximate surface area is 179 Å². The van der Waals surface area contributed by atoms with Gasteiger partial charge in [-0.05, 0) is 43.2 Å². The molecule has 2 aromatic rings. The molecule has 0 saturated heterocycles. The molecular formula is C24H24O7. The largest absolute Gasteiger partial charge is 0.485 e. The third-order valence-electron chi connectivity index (χ3n) is 5.26. The van der Waals surface area contributed by atoms with E-state index in [2.05, 4.69) is 0 Å². The van der Waals surface area contributed by atoms with E-state index in [0.717, 1.165) is 0 Å². The van der Waals surface area contributed by atoms with Crippen molar-refractivity contribution >= 4 is 17.7 Å². The molecule has 1 aliphatic rings. The number of ether oxygens (including phenoxy) is 2. The van der Waals surface area contributed by atoms with E-state index in [-0.39, 0.29) is 12.4 Å². The molecule has 1 fully saturated rings. The summed E-state index contributed by atoms with van der Waals surface area (Å²) in [6.07, 6.45) is 1.28. The van der Waals surface area contributed by atoms with Crippen LogP contribution in [0.5, 0.6) is 5.75 Å². The van der Waals surface area contributed by atoms with Crippen LogP contribution in [0.1, 0.15) is 23.2 Å². The van der Waals surface area contributed by atoms with Crippen LogP contribution < -0.4 is 4.74 Å². The lowest BCUT2D eigenvalue weighted by Crippen LogP contribution is -2.34. The molecule has 7 heteroatoms. The lowest BCUT2D eigenvalue weighted by Gasteiger charge is -2.24. The van der Waals surface area contributed by atoms with Gasteiger partial charge in [0.05, 0.1) is 5.56 Å². The van der Waals surface area contributed by atoms with Crippen LogP contribution in [0.2, 0.25) is 0 Å². The molecule has 31 heavy (non-hydrogen) atoms. The lowest BCUT2D eigenvalue weighted by atomic mass is 9.89. The van der Waals surface area contributed by atoms with E-state index in [1.807, 2.05) is 6.07 Å². The number of benzene rings is 2. The van der Waals surface area contributed by atoms with Crippen LogP contribution in [0.15, 0.2) is 72.8 Å². The Morgan fingerprint density at radius 1 is 1.00 bits per heavy atom. The highest BCUT2D eigenvalue weighted by atomic mass is 16.5. The maximum atomic E-state index is 12.4. The van der Waals surface area contributed by atoms with Gasteiger partial charge in [-0.25, -0.2) is 9.59 Å². The monoisotopic (exact) mass is 424 g/mol. The molecule has 2 aromatic carbocycles. The minimum Gasteiger partial charge on any atom is -0.485 e. The van der Waals surface area contributed by atoms with Crippen molar-refractivity contribution in [3.8, 4) is 5.75 Å². The van der Waals surface area contributed by atoms with Crippen LogP contribution in [0, 0.1) is 11.8 Å². The Hall–Kier alpha value is -3.45. The van der Waals surface area contributed by atoms with Crippen molar-refractivity contribution in [1.29, 1.82) is 0 Å². The number of aliphatic hydroxyl groups excluding tert-OH is 1. The zero-order valence-corrected chi connectivity index (χ0v) is 16.8. The van der Waals surface area contributed by atoms with Gasteiger partial charge in [-0.15, -0.1) is 0 Å². The van der Waals surface area contributed by atoms with Gasteiger partial charge in [-0.1, -0.05) is 42.5 Å². The zero-order valence-electron chi connectivity index (χ0n) is 16.8. The average molecular weight is 424 g/mol. The number of carbonyl (C=O) groups excluding carboxylic acids is 2. The fraction of sp³-hybridized carbons (Fsp3) is 0.292. The Bertz CT molecular complexity index is 923. The second-order valence-electron chi connectivity index (χ2n) is 7.34. The number of hydrogen-bond donors (Lipinski definition) is 2. The van der Waals surface area contributed by atoms with Gasteiger partial charge in [0.15, 0.2) is 18.5 Å². The fourth-order valence-electron chi connectivity index (χ4n) is 3.69. The number of carbonyl (C=O) groups is 3. The summed E-state index contributed by atoms with van der Waals surface area (Å²) in [5, 5.41) is 19.3. The second kappa shape index (κ2) is 10.5. The van der Waals surface area contributed by atoms with Gasteiger partial charge in [0.2, 0.25) is 0 Å². The zero-order chi connectivity index (χ0) is 22.2. The summed E-state index contributed by atoms with van der Waals surface area (Å²) in [7, 11) is 0. The first kappa shape index (κ1) is 22.2. The van der Waals surface area contributed by atoms with Crippen molar-refractivity contribution in [2.24, 2.45) is 11.8 Å².